The standard InChI is InChI=1S/C32H34N4O3.C26H22N2O4.C6H14N2/c1-21-16-25(23-6-8-24(9-7-23)31(38)36-15-14-35-32(2,3)20-36)17-26-18-28(39-30(21)26)12-11-27(37)10-4-22-5-13-29(33)34-19-22;1-16-12-20(18-4-6-19(7-5-18)26(30)31)13-21-14-23(32-25(16)21)10-9-22(29)8-2-17-3-11-24(27)28-15-17;1-6(2)5-7-3-4-8-6/h4-10,13,16-19,35H,11-12,14-15,20H2,1-3H3,(H2,33,34);2-8,11-15H,9-10H2,1H3,(H2,27,28)(H,30,31);7-8H,3-5H2,1-2H3/b10-4+;8-2+;. The number of rotatable bonds is 14. The number of aromatic nitrogens is 2. The van der Waals surface area contributed by atoms with Crippen molar-refractivity contribution in [3.05, 3.63) is 179 Å². The molecule has 0 radical (unpaired) electrons. The Labute approximate surface area is 461 Å². The molecule has 0 aliphatic carbocycles. The maximum absolute atomic E-state index is 13.1. The van der Waals surface area contributed by atoms with Gasteiger partial charge in [0.25, 0.3) is 5.91 Å². The number of benzene rings is 4. The van der Waals surface area contributed by atoms with E-state index in [1.54, 1.807) is 79.2 Å². The van der Waals surface area contributed by atoms with Gasteiger partial charge in [-0.25, -0.2) is 14.8 Å². The van der Waals surface area contributed by atoms with E-state index < -0.39 is 5.97 Å². The van der Waals surface area contributed by atoms with E-state index in [-0.39, 0.29) is 28.6 Å². The van der Waals surface area contributed by atoms with E-state index in [4.69, 9.17) is 25.4 Å². The number of carbonyl (C=O) groups excluding carboxylic acids is 3. The van der Waals surface area contributed by atoms with Crippen molar-refractivity contribution in [3.8, 4) is 22.3 Å². The zero-order valence-corrected chi connectivity index (χ0v) is 45.8. The molecule has 2 fully saturated rings. The first-order valence-electron chi connectivity index (χ1n) is 26.6. The smallest absolute Gasteiger partial charge is 0.335 e. The van der Waals surface area contributed by atoms with Crippen LogP contribution in [0.1, 0.15) is 95.0 Å². The molecule has 4 aromatic heterocycles. The lowest BCUT2D eigenvalue weighted by molar-refractivity contribution is -0.115. The van der Waals surface area contributed by atoms with E-state index in [2.05, 4.69) is 65.7 Å². The Hall–Kier alpha value is -8.50. The quantitative estimate of drug-likeness (QED) is 0.0557. The summed E-state index contributed by atoms with van der Waals surface area (Å²) in [5, 5.41) is 21.2. The van der Waals surface area contributed by atoms with Crippen molar-refractivity contribution in [1.82, 2.24) is 30.8 Å². The molecular formula is C64H70N8O7. The van der Waals surface area contributed by atoms with Crippen LogP contribution in [0.2, 0.25) is 0 Å². The van der Waals surface area contributed by atoms with Gasteiger partial charge in [-0.15, -0.1) is 0 Å². The number of hydrogen-bond donors (Lipinski definition) is 6. The van der Waals surface area contributed by atoms with E-state index in [0.717, 1.165) is 104 Å². The summed E-state index contributed by atoms with van der Waals surface area (Å²) in [5.41, 5.74) is 21.6. The molecule has 15 heteroatoms. The van der Waals surface area contributed by atoms with E-state index in [1.807, 2.05) is 73.3 Å². The van der Waals surface area contributed by atoms with Crippen molar-refractivity contribution in [1.29, 1.82) is 0 Å². The van der Waals surface area contributed by atoms with Crippen LogP contribution in [-0.2, 0) is 22.4 Å². The van der Waals surface area contributed by atoms with Gasteiger partial charge < -0.3 is 46.3 Å². The predicted molar refractivity (Wildman–Crippen MR) is 315 cm³/mol. The SMILES string of the molecule is CC1(C)CNCCN1.Cc1cc(-c2ccc(C(=O)N3CCNC(C)(C)C3)cc2)cc2cc(CCC(=O)/C=C/c3ccc(N)nc3)oc12.Cc1cc(-c2ccc(C(=O)O)cc2)cc2cc(CCC(=O)/C=C/c3ccc(N)nc3)oc12. The number of aryl methyl sites for hydroxylation is 4. The molecule has 79 heavy (non-hydrogen) atoms. The number of piperazine rings is 2. The van der Waals surface area contributed by atoms with E-state index in [1.165, 1.54) is 0 Å². The molecule has 6 heterocycles. The Balaban J connectivity index is 0.000000185. The van der Waals surface area contributed by atoms with Gasteiger partial charge in [-0.1, -0.05) is 24.3 Å². The molecule has 8 N–H and O–H groups in total. The summed E-state index contributed by atoms with van der Waals surface area (Å²) in [7, 11) is 0. The first kappa shape index (κ1) is 56.7. The number of furan rings is 2. The summed E-state index contributed by atoms with van der Waals surface area (Å²) in [6.45, 7) is 18.2. The number of anilines is 2. The minimum atomic E-state index is -0.947. The minimum absolute atomic E-state index is 0.00166. The number of fused-ring (bicyclic) bond motifs is 2. The maximum Gasteiger partial charge on any atom is 0.335 e. The number of carboxylic acids is 1. The van der Waals surface area contributed by atoms with Crippen LogP contribution in [-0.4, -0.2) is 93.8 Å². The molecule has 8 aromatic rings. The third-order valence-electron chi connectivity index (χ3n) is 13.7. The second kappa shape index (κ2) is 25.3. The molecule has 1 amide bonds. The topological polar surface area (TPSA) is 232 Å². The zero-order valence-electron chi connectivity index (χ0n) is 45.8. The summed E-state index contributed by atoms with van der Waals surface area (Å²) in [4.78, 5) is 58.7. The molecule has 0 unspecified atom stereocenters. The zero-order chi connectivity index (χ0) is 56.3. The number of ketones is 2. The number of aromatic carboxylic acids is 1. The highest BCUT2D eigenvalue weighted by Gasteiger charge is 2.29. The molecule has 0 atom stereocenters. The number of nitrogens with zero attached hydrogens (tertiary/aromatic N) is 3. The number of carbonyl (C=O) groups is 4. The molecule has 15 nitrogen and oxygen atoms in total. The fourth-order valence-corrected chi connectivity index (χ4v) is 9.47. The van der Waals surface area contributed by atoms with Crippen molar-refractivity contribution >= 4 is 69.2 Å². The van der Waals surface area contributed by atoms with Gasteiger partial charge in [0.15, 0.2) is 11.6 Å². The van der Waals surface area contributed by atoms with Gasteiger partial charge in [0.2, 0.25) is 0 Å². The Morgan fingerprint density at radius 1 is 0.608 bits per heavy atom. The van der Waals surface area contributed by atoms with Gasteiger partial charge in [-0.05, 0) is 195 Å². The average molecular weight is 1060 g/mol. The second-order valence-corrected chi connectivity index (χ2v) is 21.5. The molecule has 10 rings (SSSR count). The van der Waals surface area contributed by atoms with Crippen LogP contribution in [0.25, 0.3) is 56.3 Å². The largest absolute Gasteiger partial charge is 0.478 e. The van der Waals surface area contributed by atoms with Gasteiger partial charge in [0.1, 0.15) is 34.3 Å². The van der Waals surface area contributed by atoms with Crippen LogP contribution in [0.4, 0.5) is 11.6 Å². The molecule has 2 aliphatic rings. The van der Waals surface area contributed by atoms with Crippen molar-refractivity contribution in [2.45, 2.75) is 78.3 Å². The number of hydrogen-bond acceptors (Lipinski definition) is 13. The number of carboxylic acid groups (broad SMARTS) is 1. The Kier molecular flexibility index (Phi) is 18.2. The van der Waals surface area contributed by atoms with Crippen LogP contribution in [0.3, 0.4) is 0 Å². The number of nitrogens with two attached hydrogens (primary N) is 2. The second-order valence-electron chi connectivity index (χ2n) is 21.5. The van der Waals surface area contributed by atoms with Crippen molar-refractivity contribution in [2.75, 3.05) is 50.7 Å². The highest BCUT2D eigenvalue weighted by Crippen LogP contribution is 2.32. The lowest BCUT2D eigenvalue weighted by Crippen LogP contribution is -2.58. The summed E-state index contributed by atoms with van der Waals surface area (Å²) in [6.07, 6.45) is 11.5. The lowest BCUT2D eigenvalue weighted by Gasteiger charge is -2.39. The number of allylic oxidation sites excluding steroid dienone is 2. The van der Waals surface area contributed by atoms with E-state index in [9.17, 15) is 19.2 Å². The van der Waals surface area contributed by atoms with Gasteiger partial charge in [-0.2, -0.15) is 0 Å². The van der Waals surface area contributed by atoms with E-state index >= 15 is 0 Å². The Bertz CT molecular complexity index is 3490. The van der Waals surface area contributed by atoms with Crippen LogP contribution in [0.5, 0.6) is 0 Å². The van der Waals surface area contributed by atoms with Crippen LogP contribution in [0, 0.1) is 13.8 Å². The number of nitrogen functional groups attached to an aromatic ring is 2. The normalized spacial score (nSPS) is 14.9. The third kappa shape index (κ3) is 15.8. The summed E-state index contributed by atoms with van der Waals surface area (Å²) in [5.74, 6) is 1.55. The fraction of sp³-hybridized carbons (Fsp3) is 0.281. The number of amides is 1. The Morgan fingerprint density at radius 2 is 1.09 bits per heavy atom. The third-order valence-corrected chi connectivity index (χ3v) is 13.7. The van der Waals surface area contributed by atoms with Gasteiger partial charge in [0.05, 0.1) is 5.56 Å². The number of nitrogens with one attached hydrogen (secondary N) is 3. The molecule has 0 spiro atoms. The monoisotopic (exact) mass is 1060 g/mol. The number of pyridine rings is 2. The highest BCUT2D eigenvalue weighted by atomic mass is 16.4. The van der Waals surface area contributed by atoms with Gasteiger partial charge >= 0.3 is 5.97 Å². The predicted octanol–water partition coefficient (Wildman–Crippen LogP) is 10.7. The minimum Gasteiger partial charge on any atom is -0.478 e. The van der Waals surface area contributed by atoms with E-state index in [0.29, 0.717) is 61.5 Å². The molecule has 0 saturated carbocycles. The summed E-state index contributed by atoms with van der Waals surface area (Å²) >= 11 is 0. The molecular weight excluding hydrogens is 993 g/mol. The molecule has 0 bridgehead atoms. The van der Waals surface area contributed by atoms with Crippen molar-refractivity contribution in [3.63, 3.8) is 0 Å². The van der Waals surface area contributed by atoms with Gasteiger partial charge in [-0.3, -0.25) is 14.4 Å². The molecule has 2 aliphatic heterocycles. The van der Waals surface area contributed by atoms with Crippen LogP contribution >= 0.6 is 0 Å². The van der Waals surface area contributed by atoms with Crippen LogP contribution in [0.15, 0.2) is 143 Å². The van der Waals surface area contributed by atoms with Crippen LogP contribution < -0.4 is 27.4 Å². The average Bonchev–Trinajstić information content (AvgIpc) is 4.17. The molecule has 4 aromatic carbocycles. The maximum atomic E-state index is 13.1. The van der Waals surface area contributed by atoms with Gasteiger partial charge in [0, 0.05) is 105 Å². The molecule has 2 saturated heterocycles. The Morgan fingerprint density at radius 3 is 1.49 bits per heavy atom. The first-order chi connectivity index (χ1) is 37.8. The molecule has 408 valence electrons. The fourth-order valence-electron chi connectivity index (χ4n) is 9.47. The summed E-state index contributed by atoms with van der Waals surface area (Å²) in [6, 6.07) is 33.8. The van der Waals surface area contributed by atoms with Crippen molar-refractivity contribution < 1.29 is 33.1 Å². The first-order valence-corrected chi connectivity index (χ1v) is 26.6. The lowest BCUT2D eigenvalue weighted by atomic mass is 9.99. The highest BCUT2D eigenvalue weighted by molar-refractivity contribution is 5.96. The van der Waals surface area contributed by atoms with Crippen molar-refractivity contribution in [2.24, 2.45) is 0 Å². The summed E-state index contributed by atoms with van der Waals surface area (Å²) < 4.78 is 12.1.